The van der Waals surface area contributed by atoms with Crippen LogP contribution in [0.1, 0.15) is 19.8 Å². The Labute approximate surface area is 54.4 Å². The number of amides is 1. The Morgan fingerprint density at radius 3 is 3.00 bits per heavy atom. The van der Waals surface area contributed by atoms with Crippen LogP contribution in [0.3, 0.4) is 0 Å². The zero-order chi connectivity index (χ0) is 6.69. The first kappa shape index (κ1) is 6.55. The number of hydrogen-bond acceptors (Lipinski definition) is 2. The summed E-state index contributed by atoms with van der Waals surface area (Å²) in [5.41, 5.74) is 0. The minimum atomic E-state index is -0.0121. The van der Waals surface area contributed by atoms with Crippen LogP contribution in [0, 0.1) is 0 Å². The van der Waals surface area contributed by atoms with Crippen molar-refractivity contribution in [1.82, 2.24) is 5.32 Å². The van der Waals surface area contributed by atoms with Gasteiger partial charge in [0.2, 0.25) is 5.91 Å². The van der Waals surface area contributed by atoms with Gasteiger partial charge in [-0.05, 0) is 12.8 Å². The summed E-state index contributed by atoms with van der Waals surface area (Å²) in [6.07, 6.45) is 2.01. The molecule has 0 saturated carbocycles. The van der Waals surface area contributed by atoms with Gasteiger partial charge >= 0.3 is 0 Å². The van der Waals surface area contributed by atoms with E-state index in [1.807, 2.05) is 0 Å². The van der Waals surface area contributed by atoms with Crippen molar-refractivity contribution in [3.8, 4) is 0 Å². The number of carbonyl (C=O) groups is 1. The molecule has 1 aliphatic rings. The van der Waals surface area contributed by atoms with Crippen LogP contribution in [-0.4, -0.2) is 18.7 Å². The molecule has 3 nitrogen and oxygen atoms in total. The van der Waals surface area contributed by atoms with Crippen molar-refractivity contribution in [3.05, 3.63) is 0 Å². The second-order valence-corrected chi connectivity index (χ2v) is 2.20. The van der Waals surface area contributed by atoms with Crippen molar-refractivity contribution in [3.63, 3.8) is 0 Å². The van der Waals surface area contributed by atoms with Gasteiger partial charge in [0.15, 0.2) is 0 Å². The topological polar surface area (TPSA) is 38.3 Å². The van der Waals surface area contributed by atoms with E-state index in [2.05, 4.69) is 5.32 Å². The molecule has 1 heterocycles. The molecule has 1 fully saturated rings. The molecule has 0 unspecified atom stereocenters. The van der Waals surface area contributed by atoms with Gasteiger partial charge in [0.25, 0.3) is 0 Å². The molecule has 1 saturated heterocycles. The predicted molar refractivity (Wildman–Crippen MR) is 32.8 cm³/mol. The average Bonchev–Trinajstić information content (AvgIpc) is 2.15. The molecule has 1 rings (SSSR count). The van der Waals surface area contributed by atoms with Crippen LogP contribution in [0.5, 0.6) is 0 Å². The molecular formula is C6H11NO2. The smallest absolute Gasteiger partial charge is 0.218 e. The Hall–Kier alpha value is -0.570. The summed E-state index contributed by atoms with van der Waals surface area (Å²) in [6.45, 7) is 2.28. The number of carbonyl (C=O) groups excluding carboxylic acids is 1. The third-order valence-corrected chi connectivity index (χ3v) is 1.29. The van der Waals surface area contributed by atoms with Crippen molar-refractivity contribution in [1.29, 1.82) is 0 Å². The Bertz CT molecular complexity index is 108. The fourth-order valence-corrected chi connectivity index (χ4v) is 0.918. The summed E-state index contributed by atoms with van der Waals surface area (Å²) in [5.74, 6) is -0.0121. The Morgan fingerprint density at radius 1 is 1.78 bits per heavy atom. The molecule has 9 heavy (non-hydrogen) atoms. The summed E-state index contributed by atoms with van der Waals surface area (Å²) >= 11 is 0. The van der Waals surface area contributed by atoms with Crippen LogP contribution >= 0.6 is 0 Å². The van der Waals surface area contributed by atoms with E-state index in [4.69, 9.17) is 4.74 Å². The molecule has 0 aliphatic carbocycles. The first-order valence-electron chi connectivity index (χ1n) is 3.18. The second kappa shape index (κ2) is 2.82. The lowest BCUT2D eigenvalue weighted by atomic mass is 10.3. The van der Waals surface area contributed by atoms with Gasteiger partial charge in [0.1, 0.15) is 6.23 Å². The largest absolute Gasteiger partial charge is 0.359 e. The normalized spacial score (nSPS) is 26.1. The molecule has 0 aromatic rings. The lowest BCUT2D eigenvalue weighted by molar-refractivity contribution is -0.122. The highest BCUT2D eigenvalue weighted by atomic mass is 16.5. The molecule has 1 N–H and O–H groups in total. The van der Waals surface area contributed by atoms with E-state index in [-0.39, 0.29) is 12.1 Å². The van der Waals surface area contributed by atoms with Crippen LogP contribution in [-0.2, 0) is 9.53 Å². The molecule has 52 valence electrons. The number of nitrogens with one attached hydrogen (secondary N) is 1. The van der Waals surface area contributed by atoms with Gasteiger partial charge in [-0.3, -0.25) is 4.79 Å². The summed E-state index contributed by atoms with van der Waals surface area (Å²) < 4.78 is 5.13. The third-order valence-electron chi connectivity index (χ3n) is 1.29. The molecule has 3 heteroatoms. The quantitative estimate of drug-likeness (QED) is 0.551. The van der Waals surface area contributed by atoms with Crippen LogP contribution in [0.25, 0.3) is 0 Å². The minimum absolute atomic E-state index is 0.0116. The first-order valence-corrected chi connectivity index (χ1v) is 3.18. The average molecular weight is 129 g/mol. The SMILES string of the molecule is CC(=O)N[C@@H]1CCCO1. The fraction of sp³-hybridized carbons (Fsp3) is 0.833. The van der Waals surface area contributed by atoms with Gasteiger partial charge in [-0.15, -0.1) is 0 Å². The zero-order valence-electron chi connectivity index (χ0n) is 5.52. The van der Waals surface area contributed by atoms with Crippen LogP contribution in [0.4, 0.5) is 0 Å². The van der Waals surface area contributed by atoms with E-state index >= 15 is 0 Å². The number of ether oxygens (including phenoxy) is 1. The van der Waals surface area contributed by atoms with Crippen LogP contribution in [0.15, 0.2) is 0 Å². The van der Waals surface area contributed by atoms with E-state index in [9.17, 15) is 4.79 Å². The van der Waals surface area contributed by atoms with E-state index < -0.39 is 0 Å². The Balaban J connectivity index is 2.19. The van der Waals surface area contributed by atoms with E-state index in [1.54, 1.807) is 0 Å². The van der Waals surface area contributed by atoms with E-state index in [0.717, 1.165) is 19.4 Å². The van der Waals surface area contributed by atoms with Gasteiger partial charge in [-0.1, -0.05) is 0 Å². The maximum Gasteiger partial charge on any atom is 0.218 e. The molecule has 0 aromatic heterocycles. The summed E-state index contributed by atoms with van der Waals surface area (Å²) in [7, 11) is 0. The van der Waals surface area contributed by atoms with Crippen LogP contribution in [0.2, 0.25) is 0 Å². The molecule has 0 bridgehead atoms. The van der Waals surface area contributed by atoms with Crippen molar-refractivity contribution in [2.24, 2.45) is 0 Å². The molecule has 1 atom stereocenters. The lowest BCUT2D eigenvalue weighted by Gasteiger charge is -2.08. The highest BCUT2D eigenvalue weighted by Crippen LogP contribution is 2.08. The summed E-state index contributed by atoms with van der Waals surface area (Å²) in [5, 5.41) is 2.68. The van der Waals surface area contributed by atoms with Crippen molar-refractivity contribution < 1.29 is 9.53 Å². The maximum absolute atomic E-state index is 10.4. The number of hydrogen-bond donors (Lipinski definition) is 1. The molecule has 1 amide bonds. The van der Waals surface area contributed by atoms with Crippen LogP contribution < -0.4 is 5.32 Å². The van der Waals surface area contributed by atoms with Gasteiger partial charge in [-0.2, -0.15) is 0 Å². The monoisotopic (exact) mass is 129 g/mol. The van der Waals surface area contributed by atoms with Crippen molar-refractivity contribution in [2.75, 3.05) is 6.61 Å². The highest BCUT2D eigenvalue weighted by molar-refractivity contribution is 5.72. The summed E-state index contributed by atoms with van der Waals surface area (Å²) in [6, 6.07) is 0. The second-order valence-electron chi connectivity index (χ2n) is 2.20. The molecule has 0 spiro atoms. The zero-order valence-corrected chi connectivity index (χ0v) is 5.52. The van der Waals surface area contributed by atoms with E-state index in [0.29, 0.717) is 0 Å². The van der Waals surface area contributed by atoms with Gasteiger partial charge in [-0.25, -0.2) is 0 Å². The first-order chi connectivity index (χ1) is 4.29. The van der Waals surface area contributed by atoms with Gasteiger partial charge in [0, 0.05) is 13.5 Å². The lowest BCUT2D eigenvalue weighted by Crippen LogP contribution is -2.31. The van der Waals surface area contributed by atoms with Gasteiger partial charge < -0.3 is 10.1 Å². The minimum Gasteiger partial charge on any atom is -0.359 e. The summed E-state index contributed by atoms with van der Waals surface area (Å²) in [4.78, 5) is 10.4. The fourth-order valence-electron chi connectivity index (χ4n) is 0.918. The Morgan fingerprint density at radius 2 is 2.56 bits per heavy atom. The van der Waals surface area contributed by atoms with Gasteiger partial charge in [0.05, 0.1) is 0 Å². The Kier molecular flexibility index (Phi) is 2.05. The predicted octanol–water partition coefficient (Wildman–Crippen LogP) is 0.259. The molecule has 0 aromatic carbocycles. The molecular weight excluding hydrogens is 118 g/mol. The maximum atomic E-state index is 10.4. The third kappa shape index (κ3) is 2.01. The van der Waals surface area contributed by atoms with E-state index in [1.165, 1.54) is 6.92 Å². The number of rotatable bonds is 1. The van der Waals surface area contributed by atoms with Crippen molar-refractivity contribution >= 4 is 5.91 Å². The standard InChI is InChI=1S/C6H11NO2/c1-5(8)7-6-3-2-4-9-6/h6H,2-4H2,1H3,(H,7,8)/t6-/m0/s1. The molecule has 0 radical (unpaired) electrons. The highest BCUT2D eigenvalue weighted by Gasteiger charge is 2.14. The van der Waals surface area contributed by atoms with Crippen molar-refractivity contribution in [2.45, 2.75) is 26.0 Å². The molecule has 1 aliphatic heterocycles.